The molecule has 1 fully saturated rings. The van der Waals surface area contributed by atoms with Crippen molar-refractivity contribution in [3.63, 3.8) is 0 Å². The molecule has 1 rings (SSSR count). The van der Waals surface area contributed by atoms with E-state index in [1.807, 2.05) is 0 Å². The fourth-order valence-corrected chi connectivity index (χ4v) is 0.973. The average Bonchev–Trinajstić information content (AvgIpc) is 2.04. The summed E-state index contributed by atoms with van der Waals surface area (Å²) >= 11 is 0. The third-order valence-electron chi connectivity index (χ3n) is 1.59. The van der Waals surface area contributed by atoms with Gasteiger partial charge in [-0.3, -0.25) is 14.5 Å². The van der Waals surface area contributed by atoms with Crippen molar-refractivity contribution in [1.29, 1.82) is 0 Å². The first-order valence-corrected chi connectivity index (χ1v) is 3.66. The van der Waals surface area contributed by atoms with E-state index in [-0.39, 0.29) is 18.4 Å². The fraction of sp³-hybridized carbons (Fsp3) is 0.714. The number of rotatable bonds is 1. The quantitative estimate of drug-likeness (QED) is 0.528. The molecule has 0 atom stereocenters. The smallest absolute Gasteiger partial charge is 0.255 e. The average molecular weight is 157 g/mol. The summed E-state index contributed by atoms with van der Waals surface area (Å²) in [7, 11) is 0. The summed E-state index contributed by atoms with van der Waals surface area (Å²) in [5, 5.41) is 0. The number of carbonyl (C=O) groups is 2. The van der Waals surface area contributed by atoms with E-state index >= 15 is 0 Å². The molecule has 2 amide bonds. The SMILES string of the molecule is CCC(=O)N1CCOCC1=O. The molecule has 11 heavy (non-hydrogen) atoms. The molecule has 0 N–H and O–H groups in total. The normalized spacial score (nSPS) is 18.6. The molecular formula is C7H11NO3. The van der Waals surface area contributed by atoms with Gasteiger partial charge >= 0.3 is 0 Å². The van der Waals surface area contributed by atoms with E-state index in [1.54, 1.807) is 6.92 Å². The minimum absolute atomic E-state index is 0.0474. The Hall–Kier alpha value is -0.900. The molecule has 62 valence electrons. The Labute approximate surface area is 65.1 Å². The third kappa shape index (κ3) is 1.77. The van der Waals surface area contributed by atoms with Crippen LogP contribution in [0.3, 0.4) is 0 Å². The number of nitrogens with zero attached hydrogens (tertiary/aromatic N) is 1. The Morgan fingerprint density at radius 3 is 3.00 bits per heavy atom. The summed E-state index contributed by atoms with van der Waals surface area (Å²) in [5.74, 6) is -0.332. The predicted molar refractivity (Wildman–Crippen MR) is 37.8 cm³/mol. The van der Waals surface area contributed by atoms with Crippen LogP contribution in [0.25, 0.3) is 0 Å². The van der Waals surface area contributed by atoms with Gasteiger partial charge in [-0.15, -0.1) is 0 Å². The van der Waals surface area contributed by atoms with Crippen LogP contribution in [0.5, 0.6) is 0 Å². The van der Waals surface area contributed by atoms with Gasteiger partial charge in [0.1, 0.15) is 6.61 Å². The van der Waals surface area contributed by atoms with Gasteiger partial charge in [-0.1, -0.05) is 6.92 Å². The van der Waals surface area contributed by atoms with Gasteiger partial charge in [-0.05, 0) is 0 Å². The van der Waals surface area contributed by atoms with Crippen molar-refractivity contribution in [1.82, 2.24) is 4.90 Å². The maximum absolute atomic E-state index is 11.0. The molecule has 0 saturated carbocycles. The molecule has 1 aliphatic heterocycles. The monoisotopic (exact) mass is 157 g/mol. The molecule has 0 radical (unpaired) electrons. The predicted octanol–water partition coefficient (Wildman–Crippen LogP) is -0.218. The minimum atomic E-state index is -0.219. The first-order valence-electron chi connectivity index (χ1n) is 3.66. The van der Waals surface area contributed by atoms with Crippen LogP contribution in [-0.4, -0.2) is 36.5 Å². The second-order valence-corrected chi connectivity index (χ2v) is 2.35. The molecule has 0 bridgehead atoms. The molecule has 0 aromatic rings. The molecular weight excluding hydrogens is 146 g/mol. The van der Waals surface area contributed by atoms with Gasteiger partial charge in [-0.25, -0.2) is 0 Å². The van der Waals surface area contributed by atoms with Gasteiger partial charge in [0.2, 0.25) is 5.91 Å². The summed E-state index contributed by atoms with van der Waals surface area (Å²) in [5.41, 5.74) is 0. The van der Waals surface area contributed by atoms with Gasteiger partial charge in [0.25, 0.3) is 5.91 Å². The van der Waals surface area contributed by atoms with Crippen molar-refractivity contribution in [2.24, 2.45) is 0 Å². The first-order chi connectivity index (χ1) is 5.25. The Bertz CT molecular complexity index is 171. The zero-order valence-electron chi connectivity index (χ0n) is 6.50. The molecule has 1 saturated heterocycles. The van der Waals surface area contributed by atoms with Gasteiger partial charge in [0, 0.05) is 6.42 Å². The van der Waals surface area contributed by atoms with Crippen LogP contribution in [0.1, 0.15) is 13.3 Å². The topological polar surface area (TPSA) is 46.6 Å². The number of ether oxygens (including phenoxy) is 1. The summed E-state index contributed by atoms with van der Waals surface area (Å²) in [6, 6.07) is 0. The highest BCUT2D eigenvalue weighted by Gasteiger charge is 2.22. The van der Waals surface area contributed by atoms with E-state index < -0.39 is 0 Å². The largest absolute Gasteiger partial charge is 0.370 e. The third-order valence-corrected chi connectivity index (χ3v) is 1.59. The van der Waals surface area contributed by atoms with Crippen molar-refractivity contribution < 1.29 is 14.3 Å². The molecule has 0 aromatic heterocycles. The summed E-state index contributed by atoms with van der Waals surface area (Å²) in [4.78, 5) is 23.3. The Morgan fingerprint density at radius 1 is 1.73 bits per heavy atom. The minimum Gasteiger partial charge on any atom is -0.370 e. The summed E-state index contributed by atoms with van der Waals surface area (Å²) < 4.78 is 4.86. The lowest BCUT2D eigenvalue weighted by Gasteiger charge is -2.24. The van der Waals surface area contributed by atoms with Crippen molar-refractivity contribution in [3.8, 4) is 0 Å². The van der Waals surface area contributed by atoms with Crippen molar-refractivity contribution in [3.05, 3.63) is 0 Å². The van der Waals surface area contributed by atoms with Crippen LogP contribution in [0.2, 0.25) is 0 Å². The number of imide groups is 1. The Morgan fingerprint density at radius 2 is 2.45 bits per heavy atom. The van der Waals surface area contributed by atoms with Crippen LogP contribution in [0, 0.1) is 0 Å². The van der Waals surface area contributed by atoms with Crippen LogP contribution in [0.15, 0.2) is 0 Å². The molecule has 4 nitrogen and oxygen atoms in total. The van der Waals surface area contributed by atoms with Gasteiger partial charge in [0.05, 0.1) is 13.2 Å². The molecule has 0 spiro atoms. The van der Waals surface area contributed by atoms with E-state index in [1.165, 1.54) is 4.90 Å². The maximum Gasteiger partial charge on any atom is 0.255 e. The first kappa shape index (κ1) is 8.20. The second kappa shape index (κ2) is 3.48. The molecule has 1 heterocycles. The number of morpholine rings is 1. The van der Waals surface area contributed by atoms with Crippen LogP contribution >= 0.6 is 0 Å². The van der Waals surface area contributed by atoms with Gasteiger partial charge in [-0.2, -0.15) is 0 Å². The molecule has 0 aliphatic carbocycles. The fourth-order valence-electron chi connectivity index (χ4n) is 0.973. The van der Waals surface area contributed by atoms with E-state index in [2.05, 4.69) is 0 Å². The van der Waals surface area contributed by atoms with Crippen LogP contribution in [0.4, 0.5) is 0 Å². The van der Waals surface area contributed by atoms with E-state index in [9.17, 15) is 9.59 Å². The maximum atomic E-state index is 11.0. The lowest BCUT2D eigenvalue weighted by atomic mass is 10.3. The highest BCUT2D eigenvalue weighted by atomic mass is 16.5. The van der Waals surface area contributed by atoms with E-state index in [0.717, 1.165) is 0 Å². The number of carbonyl (C=O) groups excluding carboxylic acids is 2. The number of hydrogen-bond donors (Lipinski definition) is 0. The lowest BCUT2D eigenvalue weighted by Crippen LogP contribution is -2.45. The standard InChI is InChI=1S/C7H11NO3/c1-2-6(9)8-3-4-11-5-7(8)10/h2-5H2,1H3. The van der Waals surface area contributed by atoms with Gasteiger partial charge in [0.15, 0.2) is 0 Å². The molecule has 4 heteroatoms. The van der Waals surface area contributed by atoms with E-state index in [0.29, 0.717) is 19.6 Å². The molecule has 1 aliphatic rings. The summed E-state index contributed by atoms with van der Waals surface area (Å²) in [6.07, 6.45) is 0.381. The highest BCUT2D eigenvalue weighted by Crippen LogP contribution is 2.00. The van der Waals surface area contributed by atoms with Crippen molar-refractivity contribution in [2.75, 3.05) is 19.8 Å². The number of hydrogen-bond acceptors (Lipinski definition) is 3. The van der Waals surface area contributed by atoms with Crippen molar-refractivity contribution in [2.45, 2.75) is 13.3 Å². The zero-order valence-corrected chi connectivity index (χ0v) is 6.50. The lowest BCUT2D eigenvalue weighted by molar-refractivity contribution is -0.153. The molecule has 0 aromatic carbocycles. The summed E-state index contributed by atoms with van der Waals surface area (Å²) in [6.45, 7) is 2.67. The van der Waals surface area contributed by atoms with Crippen LogP contribution < -0.4 is 0 Å². The number of amides is 2. The zero-order chi connectivity index (χ0) is 8.27. The Kier molecular flexibility index (Phi) is 2.59. The van der Waals surface area contributed by atoms with E-state index in [4.69, 9.17) is 4.74 Å². The second-order valence-electron chi connectivity index (χ2n) is 2.35. The van der Waals surface area contributed by atoms with Gasteiger partial charge < -0.3 is 4.74 Å². The highest BCUT2D eigenvalue weighted by molar-refractivity contribution is 5.96. The van der Waals surface area contributed by atoms with Crippen LogP contribution in [-0.2, 0) is 14.3 Å². The Balaban J connectivity index is 2.54. The molecule has 0 unspecified atom stereocenters. The van der Waals surface area contributed by atoms with Crippen molar-refractivity contribution >= 4 is 11.8 Å².